The van der Waals surface area contributed by atoms with Crippen molar-refractivity contribution in [2.45, 2.75) is 16.8 Å². The molecule has 3 rings (SSSR count). The van der Waals surface area contributed by atoms with Gasteiger partial charge >= 0.3 is 0 Å². The number of hydrogen-bond acceptors (Lipinski definition) is 4. The van der Waals surface area contributed by atoms with E-state index in [1.807, 2.05) is 43.3 Å². The lowest BCUT2D eigenvalue weighted by Gasteiger charge is -2.07. The van der Waals surface area contributed by atoms with Crippen molar-refractivity contribution in [3.05, 3.63) is 54.5 Å². The Morgan fingerprint density at radius 2 is 1.79 bits per heavy atom. The number of phenols is 1. The SMILES string of the molecule is Cc1nccc(Sc2ccc(O)c3ccccc23)n1. The van der Waals surface area contributed by atoms with Crippen LogP contribution in [0.3, 0.4) is 0 Å². The highest BCUT2D eigenvalue weighted by atomic mass is 32.2. The largest absolute Gasteiger partial charge is 0.507 e. The predicted octanol–water partition coefficient (Wildman–Crippen LogP) is 3.80. The van der Waals surface area contributed by atoms with Gasteiger partial charge in [0.2, 0.25) is 0 Å². The first kappa shape index (κ1) is 12.0. The average Bonchev–Trinajstić information content (AvgIpc) is 2.42. The maximum atomic E-state index is 9.87. The van der Waals surface area contributed by atoms with Crippen LogP contribution >= 0.6 is 11.8 Å². The quantitative estimate of drug-likeness (QED) is 0.718. The molecule has 0 bridgehead atoms. The zero-order valence-electron chi connectivity index (χ0n) is 10.4. The third-order valence-corrected chi connectivity index (χ3v) is 3.84. The molecular formula is C15H12N2OS. The Balaban J connectivity index is 2.09. The minimum atomic E-state index is 0.304. The summed E-state index contributed by atoms with van der Waals surface area (Å²) in [5, 5.41) is 12.7. The monoisotopic (exact) mass is 268 g/mol. The van der Waals surface area contributed by atoms with E-state index in [0.717, 1.165) is 26.5 Å². The molecule has 0 spiro atoms. The fourth-order valence-electron chi connectivity index (χ4n) is 1.95. The lowest BCUT2D eigenvalue weighted by Crippen LogP contribution is -1.88. The van der Waals surface area contributed by atoms with Gasteiger partial charge in [-0.3, -0.25) is 0 Å². The molecule has 94 valence electrons. The number of benzene rings is 2. The van der Waals surface area contributed by atoms with Gasteiger partial charge < -0.3 is 5.11 Å². The Morgan fingerprint density at radius 3 is 2.58 bits per heavy atom. The van der Waals surface area contributed by atoms with E-state index >= 15 is 0 Å². The Kier molecular flexibility index (Phi) is 3.09. The van der Waals surface area contributed by atoms with Gasteiger partial charge in [0, 0.05) is 16.5 Å². The van der Waals surface area contributed by atoms with E-state index in [1.165, 1.54) is 0 Å². The van der Waals surface area contributed by atoms with E-state index in [2.05, 4.69) is 9.97 Å². The minimum absolute atomic E-state index is 0.304. The topological polar surface area (TPSA) is 46.0 Å². The van der Waals surface area contributed by atoms with Crippen molar-refractivity contribution >= 4 is 22.5 Å². The molecule has 0 aliphatic carbocycles. The lowest BCUT2D eigenvalue weighted by atomic mass is 10.1. The molecule has 0 atom stereocenters. The molecule has 1 heterocycles. The second-order valence-corrected chi connectivity index (χ2v) is 5.23. The number of rotatable bonds is 2. The third-order valence-electron chi connectivity index (χ3n) is 2.83. The molecule has 1 N–H and O–H groups in total. The molecule has 0 aliphatic heterocycles. The second-order valence-electron chi connectivity index (χ2n) is 4.17. The molecule has 2 aromatic carbocycles. The van der Waals surface area contributed by atoms with Gasteiger partial charge in [0.25, 0.3) is 0 Å². The highest BCUT2D eigenvalue weighted by Crippen LogP contribution is 2.36. The molecule has 0 saturated carbocycles. The Morgan fingerprint density at radius 1 is 1.00 bits per heavy atom. The first-order chi connectivity index (χ1) is 9.24. The Bertz CT molecular complexity index is 743. The van der Waals surface area contributed by atoms with Gasteiger partial charge in [0.15, 0.2) is 0 Å². The summed E-state index contributed by atoms with van der Waals surface area (Å²) in [6, 6.07) is 13.3. The van der Waals surface area contributed by atoms with E-state index < -0.39 is 0 Å². The zero-order chi connectivity index (χ0) is 13.2. The van der Waals surface area contributed by atoms with Crippen LogP contribution in [0, 0.1) is 6.92 Å². The molecule has 0 aliphatic rings. The van der Waals surface area contributed by atoms with Crippen molar-refractivity contribution in [1.82, 2.24) is 9.97 Å². The summed E-state index contributed by atoms with van der Waals surface area (Å²) in [6.45, 7) is 1.87. The highest BCUT2D eigenvalue weighted by Gasteiger charge is 2.07. The molecule has 0 saturated heterocycles. The molecule has 0 radical (unpaired) electrons. The molecular weight excluding hydrogens is 256 g/mol. The number of hydrogen-bond donors (Lipinski definition) is 1. The highest BCUT2D eigenvalue weighted by molar-refractivity contribution is 7.99. The summed E-state index contributed by atoms with van der Waals surface area (Å²) in [5.74, 6) is 1.06. The summed E-state index contributed by atoms with van der Waals surface area (Å²) >= 11 is 1.58. The van der Waals surface area contributed by atoms with E-state index in [4.69, 9.17) is 0 Å². The van der Waals surface area contributed by atoms with Crippen LogP contribution in [0.5, 0.6) is 5.75 Å². The van der Waals surface area contributed by atoms with Crippen molar-refractivity contribution in [2.75, 3.05) is 0 Å². The maximum absolute atomic E-state index is 9.87. The minimum Gasteiger partial charge on any atom is -0.507 e. The number of aryl methyl sites for hydroxylation is 1. The predicted molar refractivity (Wildman–Crippen MR) is 76.5 cm³/mol. The Hall–Kier alpha value is -2.07. The summed E-state index contributed by atoms with van der Waals surface area (Å²) in [5.41, 5.74) is 0. The lowest BCUT2D eigenvalue weighted by molar-refractivity contribution is 0.481. The summed E-state index contributed by atoms with van der Waals surface area (Å²) < 4.78 is 0. The van der Waals surface area contributed by atoms with Crippen LogP contribution in [0.1, 0.15) is 5.82 Å². The smallest absolute Gasteiger partial charge is 0.126 e. The van der Waals surface area contributed by atoms with Crippen molar-refractivity contribution in [1.29, 1.82) is 0 Å². The fraction of sp³-hybridized carbons (Fsp3) is 0.0667. The summed E-state index contributed by atoms with van der Waals surface area (Å²) in [6.07, 6.45) is 1.76. The first-order valence-corrected chi connectivity index (χ1v) is 6.74. The van der Waals surface area contributed by atoms with Crippen molar-refractivity contribution < 1.29 is 5.11 Å². The van der Waals surface area contributed by atoms with Gasteiger partial charge in [0.05, 0.1) is 0 Å². The number of phenolic OH excluding ortho intramolecular Hbond substituents is 1. The van der Waals surface area contributed by atoms with Gasteiger partial charge in [0.1, 0.15) is 16.6 Å². The van der Waals surface area contributed by atoms with Crippen molar-refractivity contribution in [3.8, 4) is 5.75 Å². The van der Waals surface area contributed by atoms with Gasteiger partial charge in [-0.2, -0.15) is 0 Å². The van der Waals surface area contributed by atoms with Gasteiger partial charge in [-0.25, -0.2) is 9.97 Å². The van der Waals surface area contributed by atoms with Gasteiger partial charge in [-0.05, 0) is 30.5 Å². The van der Waals surface area contributed by atoms with Gasteiger partial charge in [-0.15, -0.1) is 0 Å². The zero-order valence-corrected chi connectivity index (χ0v) is 11.2. The van der Waals surface area contributed by atoms with Crippen LogP contribution in [0.2, 0.25) is 0 Å². The molecule has 1 aromatic heterocycles. The van der Waals surface area contributed by atoms with Crippen LogP contribution < -0.4 is 0 Å². The number of aromatic hydroxyl groups is 1. The molecule has 0 unspecified atom stereocenters. The van der Waals surface area contributed by atoms with Crippen LogP contribution in [-0.2, 0) is 0 Å². The van der Waals surface area contributed by atoms with E-state index in [1.54, 1.807) is 24.0 Å². The summed E-state index contributed by atoms with van der Waals surface area (Å²) in [7, 11) is 0. The van der Waals surface area contributed by atoms with Crippen molar-refractivity contribution in [3.63, 3.8) is 0 Å². The van der Waals surface area contributed by atoms with E-state index in [9.17, 15) is 5.11 Å². The van der Waals surface area contributed by atoms with Crippen LogP contribution in [0.4, 0.5) is 0 Å². The van der Waals surface area contributed by atoms with Gasteiger partial charge in [-0.1, -0.05) is 36.0 Å². The van der Waals surface area contributed by atoms with Crippen LogP contribution in [0.15, 0.2) is 58.6 Å². The molecule has 4 heteroatoms. The van der Waals surface area contributed by atoms with E-state index in [0.29, 0.717) is 5.75 Å². The molecule has 3 aromatic rings. The normalized spacial score (nSPS) is 10.8. The third kappa shape index (κ3) is 2.39. The second kappa shape index (κ2) is 4.90. The maximum Gasteiger partial charge on any atom is 0.126 e. The number of aromatic nitrogens is 2. The molecule has 19 heavy (non-hydrogen) atoms. The first-order valence-electron chi connectivity index (χ1n) is 5.92. The van der Waals surface area contributed by atoms with E-state index in [-0.39, 0.29) is 0 Å². The van der Waals surface area contributed by atoms with Crippen LogP contribution in [-0.4, -0.2) is 15.1 Å². The van der Waals surface area contributed by atoms with Crippen LogP contribution in [0.25, 0.3) is 10.8 Å². The fourth-order valence-corrected chi connectivity index (χ4v) is 2.90. The standard InChI is InChI=1S/C15H12N2OS/c1-10-16-9-8-15(17-10)19-14-7-6-13(18)11-4-2-3-5-12(11)14/h2-9,18H,1H3. The molecule has 0 amide bonds. The molecule has 3 nitrogen and oxygen atoms in total. The Labute approximate surface area is 115 Å². The number of nitrogens with zero attached hydrogens (tertiary/aromatic N) is 2. The summed E-state index contributed by atoms with van der Waals surface area (Å²) in [4.78, 5) is 9.56. The van der Waals surface area contributed by atoms with Crippen molar-refractivity contribution in [2.24, 2.45) is 0 Å². The molecule has 0 fully saturated rings. The average molecular weight is 268 g/mol. The number of fused-ring (bicyclic) bond motifs is 1.